The summed E-state index contributed by atoms with van der Waals surface area (Å²) in [5.41, 5.74) is -0.560. The Kier molecular flexibility index (Phi) is 5.22. The molecular formula is C12H23NO3. The first-order valence-electron chi connectivity index (χ1n) is 6.19. The molecule has 0 spiro atoms. The second-order valence-corrected chi connectivity index (χ2v) is 5.00. The van der Waals surface area contributed by atoms with Crippen molar-refractivity contribution in [3.63, 3.8) is 0 Å². The zero-order valence-electron chi connectivity index (χ0n) is 10.0. The van der Waals surface area contributed by atoms with Gasteiger partial charge in [0.1, 0.15) is 0 Å². The van der Waals surface area contributed by atoms with E-state index in [2.05, 4.69) is 5.32 Å². The molecule has 4 nitrogen and oxygen atoms in total. The highest BCUT2D eigenvalue weighted by atomic mass is 16.4. The molecule has 0 heterocycles. The van der Waals surface area contributed by atoms with Crippen molar-refractivity contribution in [1.82, 2.24) is 5.32 Å². The molecule has 0 bridgehead atoms. The number of nitrogens with one attached hydrogen (secondary N) is 1. The minimum atomic E-state index is -0.759. The molecule has 1 rings (SSSR count). The first kappa shape index (κ1) is 13.5. The summed E-state index contributed by atoms with van der Waals surface area (Å²) < 4.78 is 0. The topological polar surface area (TPSA) is 69.6 Å². The molecule has 1 atom stereocenters. The monoisotopic (exact) mass is 229 g/mol. The van der Waals surface area contributed by atoms with Crippen LogP contribution in [0.3, 0.4) is 0 Å². The Bertz CT molecular complexity index is 224. The fraction of sp³-hybridized carbons (Fsp3) is 0.917. The van der Waals surface area contributed by atoms with Crippen molar-refractivity contribution >= 4 is 5.97 Å². The van der Waals surface area contributed by atoms with E-state index in [-0.39, 0.29) is 12.5 Å². The first-order chi connectivity index (χ1) is 7.52. The van der Waals surface area contributed by atoms with Gasteiger partial charge in [0.2, 0.25) is 0 Å². The van der Waals surface area contributed by atoms with Gasteiger partial charge < -0.3 is 15.5 Å². The van der Waals surface area contributed by atoms with Gasteiger partial charge in [0.25, 0.3) is 0 Å². The van der Waals surface area contributed by atoms with Crippen molar-refractivity contribution in [1.29, 1.82) is 0 Å². The highest BCUT2D eigenvalue weighted by Gasteiger charge is 2.28. The molecule has 3 N–H and O–H groups in total. The molecule has 1 saturated carbocycles. The molecular weight excluding hydrogens is 206 g/mol. The van der Waals surface area contributed by atoms with Gasteiger partial charge in [-0.2, -0.15) is 0 Å². The van der Waals surface area contributed by atoms with Crippen molar-refractivity contribution in [2.45, 2.75) is 63.5 Å². The number of hydrogen-bond acceptors (Lipinski definition) is 3. The lowest BCUT2D eigenvalue weighted by Gasteiger charge is -2.33. The molecule has 4 heteroatoms. The summed E-state index contributed by atoms with van der Waals surface area (Å²) in [6.45, 7) is 2.56. The van der Waals surface area contributed by atoms with E-state index in [1.165, 1.54) is 6.42 Å². The third-order valence-electron chi connectivity index (χ3n) is 3.36. The third kappa shape index (κ3) is 4.94. The maximum atomic E-state index is 10.4. The van der Waals surface area contributed by atoms with E-state index < -0.39 is 11.6 Å². The molecule has 94 valence electrons. The van der Waals surface area contributed by atoms with E-state index in [9.17, 15) is 9.90 Å². The zero-order chi connectivity index (χ0) is 12.0. The Morgan fingerprint density at radius 2 is 2.00 bits per heavy atom. The van der Waals surface area contributed by atoms with Crippen LogP contribution in [0.4, 0.5) is 0 Å². The minimum absolute atomic E-state index is 0.155. The van der Waals surface area contributed by atoms with Crippen LogP contribution in [0, 0.1) is 0 Å². The van der Waals surface area contributed by atoms with Crippen molar-refractivity contribution in [3.05, 3.63) is 0 Å². The summed E-state index contributed by atoms with van der Waals surface area (Å²) in [5, 5.41) is 22.0. The molecule has 0 aromatic rings. The number of rotatable bonds is 6. The molecule has 0 aromatic carbocycles. The van der Waals surface area contributed by atoms with Gasteiger partial charge in [0, 0.05) is 19.0 Å². The smallest absolute Gasteiger partial charge is 0.303 e. The minimum Gasteiger partial charge on any atom is -0.481 e. The highest BCUT2D eigenvalue weighted by Crippen LogP contribution is 2.27. The van der Waals surface area contributed by atoms with E-state index in [4.69, 9.17) is 5.11 Å². The summed E-state index contributed by atoms with van der Waals surface area (Å²) in [6, 6.07) is 0.155. The molecule has 0 aliphatic heterocycles. The molecule has 1 fully saturated rings. The van der Waals surface area contributed by atoms with Crippen LogP contribution in [0.5, 0.6) is 0 Å². The first-order valence-corrected chi connectivity index (χ1v) is 6.19. The van der Waals surface area contributed by atoms with Crippen molar-refractivity contribution in [2.24, 2.45) is 0 Å². The third-order valence-corrected chi connectivity index (χ3v) is 3.36. The van der Waals surface area contributed by atoms with Gasteiger partial charge in [0.15, 0.2) is 0 Å². The van der Waals surface area contributed by atoms with Crippen molar-refractivity contribution in [2.75, 3.05) is 6.54 Å². The number of aliphatic carboxylic acids is 1. The SMILES string of the molecule is CC(CCC(=O)O)NCC1(O)CCCCC1. The summed E-state index contributed by atoms with van der Waals surface area (Å²) in [6.07, 6.45) is 5.95. The Hall–Kier alpha value is -0.610. The Labute approximate surface area is 97.0 Å². The van der Waals surface area contributed by atoms with Crippen LogP contribution in [-0.2, 0) is 4.79 Å². The Morgan fingerprint density at radius 3 is 2.56 bits per heavy atom. The lowest BCUT2D eigenvalue weighted by Crippen LogP contribution is -2.45. The largest absolute Gasteiger partial charge is 0.481 e. The number of hydrogen-bond donors (Lipinski definition) is 3. The Balaban J connectivity index is 2.19. The lowest BCUT2D eigenvalue weighted by atomic mass is 9.84. The van der Waals surface area contributed by atoms with Gasteiger partial charge in [-0.05, 0) is 26.2 Å². The van der Waals surface area contributed by atoms with Crippen LogP contribution < -0.4 is 5.32 Å². The molecule has 0 saturated heterocycles. The highest BCUT2D eigenvalue weighted by molar-refractivity contribution is 5.66. The number of carbonyl (C=O) groups is 1. The molecule has 16 heavy (non-hydrogen) atoms. The number of carboxylic acid groups (broad SMARTS) is 1. The van der Waals surface area contributed by atoms with E-state index >= 15 is 0 Å². The zero-order valence-corrected chi connectivity index (χ0v) is 10.0. The van der Waals surface area contributed by atoms with Gasteiger partial charge >= 0.3 is 5.97 Å². The predicted molar refractivity (Wildman–Crippen MR) is 62.4 cm³/mol. The number of carboxylic acids is 1. The van der Waals surface area contributed by atoms with E-state index in [1.807, 2.05) is 6.92 Å². The maximum absolute atomic E-state index is 10.4. The van der Waals surface area contributed by atoms with Gasteiger partial charge in [-0.1, -0.05) is 19.3 Å². The fourth-order valence-corrected chi connectivity index (χ4v) is 2.19. The standard InChI is InChI=1S/C12H23NO3/c1-10(5-6-11(14)15)13-9-12(16)7-3-2-4-8-12/h10,13,16H,2-9H2,1H3,(H,14,15). The average Bonchev–Trinajstić information content (AvgIpc) is 2.25. The molecule has 0 amide bonds. The number of aliphatic hydroxyl groups is 1. The maximum Gasteiger partial charge on any atom is 0.303 e. The summed E-state index contributed by atoms with van der Waals surface area (Å²) in [4.78, 5) is 10.4. The van der Waals surface area contributed by atoms with Gasteiger partial charge in [0.05, 0.1) is 5.60 Å². The second kappa shape index (κ2) is 6.21. The van der Waals surface area contributed by atoms with Crippen molar-refractivity contribution < 1.29 is 15.0 Å². The Morgan fingerprint density at radius 1 is 1.38 bits per heavy atom. The van der Waals surface area contributed by atoms with Gasteiger partial charge in [-0.25, -0.2) is 0 Å². The fourth-order valence-electron chi connectivity index (χ4n) is 2.19. The average molecular weight is 229 g/mol. The van der Waals surface area contributed by atoms with E-state index in [0.29, 0.717) is 13.0 Å². The van der Waals surface area contributed by atoms with Crippen molar-refractivity contribution in [3.8, 4) is 0 Å². The molecule has 1 unspecified atom stereocenters. The molecule has 1 aliphatic rings. The second-order valence-electron chi connectivity index (χ2n) is 5.00. The summed E-state index contributed by atoms with van der Waals surface area (Å²) in [7, 11) is 0. The van der Waals surface area contributed by atoms with Crippen LogP contribution in [0.2, 0.25) is 0 Å². The van der Waals surface area contributed by atoms with Gasteiger partial charge in [-0.3, -0.25) is 4.79 Å². The van der Waals surface area contributed by atoms with Crippen LogP contribution in [-0.4, -0.2) is 34.4 Å². The van der Waals surface area contributed by atoms with Crippen LogP contribution in [0.25, 0.3) is 0 Å². The molecule has 0 aromatic heterocycles. The van der Waals surface area contributed by atoms with E-state index in [1.54, 1.807) is 0 Å². The van der Waals surface area contributed by atoms with Crippen LogP contribution in [0.15, 0.2) is 0 Å². The molecule has 1 aliphatic carbocycles. The van der Waals surface area contributed by atoms with Gasteiger partial charge in [-0.15, -0.1) is 0 Å². The van der Waals surface area contributed by atoms with E-state index in [0.717, 1.165) is 25.7 Å². The summed E-state index contributed by atoms with van der Waals surface area (Å²) in [5.74, 6) is -0.759. The normalized spacial score (nSPS) is 21.6. The quantitative estimate of drug-likeness (QED) is 0.646. The lowest BCUT2D eigenvalue weighted by molar-refractivity contribution is -0.137. The van der Waals surface area contributed by atoms with Crippen LogP contribution in [0.1, 0.15) is 51.9 Å². The summed E-state index contributed by atoms with van der Waals surface area (Å²) >= 11 is 0. The van der Waals surface area contributed by atoms with Crippen LogP contribution >= 0.6 is 0 Å². The molecule has 0 radical (unpaired) electrons. The predicted octanol–water partition coefficient (Wildman–Crippen LogP) is 1.52.